The van der Waals surface area contributed by atoms with Gasteiger partial charge in [0.1, 0.15) is 0 Å². The molecule has 0 saturated carbocycles. The third-order valence-electron chi connectivity index (χ3n) is 2.36. The summed E-state index contributed by atoms with van der Waals surface area (Å²) >= 11 is 0. The lowest BCUT2D eigenvalue weighted by atomic mass is 10.1. The zero-order valence-electron chi connectivity index (χ0n) is 10.1. The first-order valence-corrected chi connectivity index (χ1v) is 5.29. The number of ketones is 1. The largest absolute Gasteiger partial charge is 0.383 e. The summed E-state index contributed by atoms with van der Waals surface area (Å²) in [5.41, 5.74) is 2.03. The van der Waals surface area contributed by atoms with Crippen molar-refractivity contribution in [2.75, 3.05) is 14.1 Å². The van der Waals surface area contributed by atoms with Crippen LogP contribution < -0.4 is 0 Å². The minimum atomic E-state index is -0.0563. The molecule has 0 N–H and O–H groups in total. The maximum absolute atomic E-state index is 12.1. The molecule has 0 bridgehead atoms. The van der Waals surface area contributed by atoms with E-state index in [9.17, 15) is 4.79 Å². The van der Waals surface area contributed by atoms with E-state index < -0.39 is 0 Å². The van der Waals surface area contributed by atoms with Gasteiger partial charge in [0.2, 0.25) is 0 Å². The summed E-state index contributed by atoms with van der Waals surface area (Å²) in [6.07, 6.45) is 4.90. The van der Waals surface area contributed by atoms with Gasteiger partial charge in [0.15, 0.2) is 5.78 Å². The molecule has 0 aliphatic rings. The summed E-state index contributed by atoms with van der Waals surface area (Å²) in [6, 6.07) is 3.63. The maximum atomic E-state index is 12.1. The molecule has 0 atom stereocenters. The van der Waals surface area contributed by atoms with Gasteiger partial charge in [0.25, 0.3) is 0 Å². The fraction of sp³-hybridized carbons (Fsp3) is 0.250. The number of hydrogen-bond donors (Lipinski definition) is 0. The highest BCUT2D eigenvalue weighted by atomic mass is 16.1. The molecule has 88 valence electrons. The molecule has 0 amide bonds. The molecular formula is C12H14N4O. The van der Waals surface area contributed by atoms with E-state index >= 15 is 0 Å². The number of rotatable bonds is 3. The molecule has 0 aliphatic carbocycles. The van der Waals surface area contributed by atoms with Gasteiger partial charge in [-0.1, -0.05) is 0 Å². The highest BCUT2D eigenvalue weighted by Crippen LogP contribution is 2.15. The topological polar surface area (TPSA) is 50.5 Å². The average molecular weight is 230 g/mol. The molecule has 0 fully saturated rings. The van der Waals surface area contributed by atoms with Crippen LogP contribution in [0, 0.1) is 6.92 Å². The Morgan fingerprint density at radius 3 is 2.94 bits per heavy atom. The van der Waals surface area contributed by atoms with Crippen LogP contribution in [0.25, 0.3) is 5.52 Å². The number of aryl methyl sites for hydroxylation is 1. The van der Waals surface area contributed by atoms with E-state index in [4.69, 9.17) is 0 Å². The second-order valence-electron chi connectivity index (χ2n) is 4.00. The Balaban J connectivity index is 2.48. The second-order valence-corrected chi connectivity index (χ2v) is 4.00. The van der Waals surface area contributed by atoms with Crippen molar-refractivity contribution in [1.29, 1.82) is 0 Å². The molecule has 0 aromatic carbocycles. The van der Waals surface area contributed by atoms with Crippen molar-refractivity contribution in [3.63, 3.8) is 0 Å². The molecule has 2 aromatic heterocycles. The normalized spacial score (nSPS) is 11.2. The van der Waals surface area contributed by atoms with Gasteiger partial charge in [-0.3, -0.25) is 4.79 Å². The van der Waals surface area contributed by atoms with E-state index in [1.165, 1.54) is 10.7 Å². The van der Waals surface area contributed by atoms with E-state index in [2.05, 4.69) is 10.2 Å². The van der Waals surface area contributed by atoms with Crippen LogP contribution in [0.15, 0.2) is 30.6 Å². The van der Waals surface area contributed by atoms with Crippen molar-refractivity contribution >= 4 is 11.3 Å². The number of fused-ring (bicyclic) bond motifs is 1. The molecule has 0 saturated heterocycles. The predicted molar refractivity (Wildman–Crippen MR) is 64.9 cm³/mol. The monoisotopic (exact) mass is 230 g/mol. The summed E-state index contributed by atoms with van der Waals surface area (Å²) < 4.78 is 1.48. The van der Waals surface area contributed by atoms with Crippen molar-refractivity contribution in [3.05, 3.63) is 41.9 Å². The fourth-order valence-electron chi connectivity index (χ4n) is 1.61. The molecule has 5 nitrogen and oxygen atoms in total. The summed E-state index contributed by atoms with van der Waals surface area (Å²) in [5, 5.41) is 8.26. The van der Waals surface area contributed by atoms with Gasteiger partial charge < -0.3 is 4.90 Å². The van der Waals surface area contributed by atoms with Crippen LogP contribution >= 0.6 is 0 Å². The molecule has 0 radical (unpaired) electrons. The minimum absolute atomic E-state index is 0.0563. The number of aromatic nitrogens is 3. The van der Waals surface area contributed by atoms with Crippen molar-refractivity contribution in [2.45, 2.75) is 6.92 Å². The molecule has 2 aromatic rings. The molecule has 0 unspecified atom stereocenters. The summed E-state index contributed by atoms with van der Waals surface area (Å²) in [5.74, 6) is -0.0563. The van der Waals surface area contributed by atoms with Crippen LogP contribution in [0.4, 0.5) is 0 Å². The molecular weight excluding hydrogens is 216 g/mol. The average Bonchev–Trinajstić information content (AvgIpc) is 2.61. The molecule has 0 spiro atoms. The third kappa shape index (κ3) is 2.18. The van der Waals surface area contributed by atoms with Crippen LogP contribution in [-0.2, 0) is 0 Å². The van der Waals surface area contributed by atoms with Gasteiger partial charge >= 0.3 is 0 Å². The van der Waals surface area contributed by atoms with Crippen molar-refractivity contribution in [2.24, 2.45) is 0 Å². The van der Waals surface area contributed by atoms with Gasteiger partial charge in [0, 0.05) is 32.6 Å². The molecule has 17 heavy (non-hydrogen) atoms. The molecule has 5 heteroatoms. The molecule has 0 aliphatic heterocycles. The first-order valence-electron chi connectivity index (χ1n) is 5.29. The van der Waals surface area contributed by atoms with Crippen LogP contribution in [0.2, 0.25) is 0 Å². The fourth-order valence-corrected chi connectivity index (χ4v) is 1.61. The van der Waals surface area contributed by atoms with Gasteiger partial charge in [0.05, 0.1) is 16.8 Å². The van der Waals surface area contributed by atoms with Gasteiger partial charge in [-0.25, -0.2) is 0 Å². The SMILES string of the molecule is Cc1nn2ncccc2c1C(=O)/C=C/N(C)C. The van der Waals surface area contributed by atoms with Crippen LogP contribution in [0.5, 0.6) is 0 Å². The lowest BCUT2D eigenvalue weighted by Gasteiger charge is -2.02. The Morgan fingerprint density at radius 1 is 1.47 bits per heavy atom. The van der Waals surface area contributed by atoms with Crippen LogP contribution in [0.3, 0.4) is 0 Å². The summed E-state index contributed by atoms with van der Waals surface area (Å²) in [6.45, 7) is 1.81. The lowest BCUT2D eigenvalue weighted by molar-refractivity contribution is 0.104. The highest BCUT2D eigenvalue weighted by Gasteiger charge is 2.14. The zero-order chi connectivity index (χ0) is 12.4. The van der Waals surface area contributed by atoms with Gasteiger partial charge in [-0.15, -0.1) is 0 Å². The second kappa shape index (κ2) is 4.37. The van der Waals surface area contributed by atoms with Crippen molar-refractivity contribution in [1.82, 2.24) is 19.7 Å². The maximum Gasteiger partial charge on any atom is 0.191 e. The smallest absolute Gasteiger partial charge is 0.191 e. The van der Waals surface area contributed by atoms with Crippen LogP contribution in [-0.4, -0.2) is 39.6 Å². The summed E-state index contributed by atoms with van der Waals surface area (Å²) in [7, 11) is 3.74. The number of carbonyl (C=O) groups is 1. The Hall–Kier alpha value is -2.17. The number of allylic oxidation sites excluding steroid dienone is 1. The van der Waals surface area contributed by atoms with Crippen molar-refractivity contribution < 1.29 is 4.79 Å². The standard InChI is InChI=1S/C12H14N4O/c1-9-12(11(17)6-8-15(2)3)10-5-4-7-13-16(10)14-9/h4-8H,1-3H3/b8-6+. The Bertz CT molecular complexity index is 583. The van der Waals surface area contributed by atoms with E-state index in [0.717, 1.165) is 5.52 Å². The quantitative estimate of drug-likeness (QED) is 0.589. The Labute approximate surface area is 99.3 Å². The third-order valence-corrected chi connectivity index (χ3v) is 2.36. The van der Waals surface area contributed by atoms with E-state index in [1.54, 1.807) is 18.5 Å². The van der Waals surface area contributed by atoms with Gasteiger partial charge in [-0.05, 0) is 19.1 Å². The number of carbonyl (C=O) groups excluding carboxylic acids is 1. The molecule has 2 heterocycles. The van der Waals surface area contributed by atoms with E-state index in [1.807, 2.05) is 32.0 Å². The molecule has 2 rings (SSSR count). The number of nitrogens with zero attached hydrogens (tertiary/aromatic N) is 4. The first-order chi connectivity index (χ1) is 8.09. The summed E-state index contributed by atoms with van der Waals surface area (Å²) in [4.78, 5) is 13.9. The van der Waals surface area contributed by atoms with E-state index in [0.29, 0.717) is 11.3 Å². The highest BCUT2D eigenvalue weighted by molar-refractivity contribution is 6.10. The first kappa shape index (κ1) is 11.3. The number of hydrogen-bond acceptors (Lipinski definition) is 4. The van der Waals surface area contributed by atoms with E-state index in [-0.39, 0.29) is 5.78 Å². The lowest BCUT2D eigenvalue weighted by Crippen LogP contribution is -2.03. The van der Waals surface area contributed by atoms with Crippen LogP contribution in [0.1, 0.15) is 16.1 Å². The Morgan fingerprint density at radius 2 is 2.24 bits per heavy atom. The van der Waals surface area contributed by atoms with Gasteiger partial charge in [-0.2, -0.15) is 14.8 Å². The predicted octanol–water partition coefficient (Wildman–Crippen LogP) is 1.30. The minimum Gasteiger partial charge on any atom is -0.383 e. The van der Waals surface area contributed by atoms with Crippen molar-refractivity contribution in [3.8, 4) is 0 Å². The Kier molecular flexibility index (Phi) is 2.91. The zero-order valence-corrected chi connectivity index (χ0v) is 10.1.